The van der Waals surface area contributed by atoms with Crippen LogP contribution in [0.25, 0.3) is 0 Å². The first kappa shape index (κ1) is 17.1. The number of carbonyl (C=O) groups is 2. The van der Waals surface area contributed by atoms with Crippen molar-refractivity contribution in [2.45, 2.75) is 57.2 Å². The highest BCUT2D eigenvalue weighted by atomic mass is 19.3. The lowest BCUT2D eigenvalue weighted by Gasteiger charge is -2.44. The van der Waals surface area contributed by atoms with Gasteiger partial charge in [0.05, 0.1) is 6.54 Å². The third kappa shape index (κ3) is 2.58. The number of halogens is 2. The molecular weight excluding hydrogens is 298 g/mol. The van der Waals surface area contributed by atoms with Crippen LogP contribution in [0.5, 0.6) is 0 Å². The minimum absolute atomic E-state index is 0.0233. The average molecular weight is 321 g/mol. The number of likely N-dealkylation sites (tertiary alicyclic amines) is 2. The van der Waals surface area contributed by atoms with Gasteiger partial charge in [-0.25, -0.2) is 13.3 Å². The van der Waals surface area contributed by atoms with E-state index in [1.165, 1.54) is 0 Å². The van der Waals surface area contributed by atoms with Crippen molar-refractivity contribution in [1.82, 2.24) is 4.90 Å². The van der Waals surface area contributed by atoms with Gasteiger partial charge in [0.1, 0.15) is 18.2 Å². The summed E-state index contributed by atoms with van der Waals surface area (Å²) in [5.74, 6) is -3.53. The van der Waals surface area contributed by atoms with Crippen molar-refractivity contribution in [2.24, 2.45) is 0 Å². The number of aliphatic hydroxyl groups excluding tert-OH is 1. The largest absolute Gasteiger partial charge is 0.514 e. The Hall–Kier alpha value is -1.28. The van der Waals surface area contributed by atoms with Gasteiger partial charge in [-0.1, -0.05) is 0 Å². The maximum Gasteiger partial charge on any atom is 0.514 e. The predicted molar refractivity (Wildman–Crippen MR) is 73.5 cm³/mol. The van der Waals surface area contributed by atoms with E-state index in [0.29, 0.717) is 0 Å². The maximum absolute atomic E-state index is 13.3. The van der Waals surface area contributed by atoms with Crippen LogP contribution in [0.2, 0.25) is 0 Å². The van der Waals surface area contributed by atoms with Gasteiger partial charge in [-0.2, -0.15) is 4.79 Å². The molecule has 2 amide bonds. The third-order valence-electron chi connectivity index (χ3n) is 4.83. The van der Waals surface area contributed by atoms with Crippen LogP contribution in [0.4, 0.5) is 13.6 Å². The lowest BCUT2D eigenvalue weighted by Crippen LogP contribution is -2.69. The molecular formula is C14H23F2N2O4+. The quantitative estimate of drug-likeness (QED) is 0.713. The fraction of sp³-hybridized carbons (Fsp3) is 0.857. The Kier molecular flexibility index (Phi) is 3.98. The summed E-state index contributed by atoms with van der Waals surface area (Å²) in [6.07, 6.45) is -2.58. The Bertz CT molecular complexity index is 492. The number of nitrogens with zero attached hydrogens (tertiary/aromatic N) is 2. The Morgan fingerprint density at radius 3 is 2.32 bits per heavy atom. The molecule has 0 bridgehead atoms. The first-order valence-electron chi connectivity index (χ1n) is 7.37. The molecule has 2 saturated heterocycles. The molecule has 1 unspecified atom stereocenters. The number of hydrogen-bond donors (Lipinski definition) is 2. The highest BCUT2D eigenvalue weighted by Crippen LogP contribution is 2.39. The van der Waals surface area contributed by atoms with E-state index in [9.17, 15) is 28.6 Å². The van der Waals surface area contributed by atoms with E-state index in [2.05, 4.69) is 0 Å². The van der Waals surface area contributed by atoms with Gasteiger partial charge in [0, 0.05) is 19.4 Å². The van der Waals surface area contributed by atoms with E-state index in [1.807, 2.05) is 0 Å². The molecule has 6 nitrogen and oxygen atoms in total. The van der Waals surface area contributed by atoms with Crippen LogP contribution in [-0.4, -0.2) is 74.8 Å². The maximum atomic E-state index is 13.3. The monoisotopic (exact) mass is 321 g/mol. The number of carbonyl (C=O) groups excluding carboxylic acids is 1. The zero-order chi connectivity index (χ0) is 16.9. The van der Waals surface area contributed by atoms with Crippen LogP contribution in [0.3, 0.4) is 0 Å². The van der Waals surface area contributed by atoms with Crippen LogP contribution in [0.15, 0.2) is 0 Å². The second-order valence-electron chi connectivity index (χ2n) is 7.28. The van der Waals surface area contributed by atoms with E-state index in [0.717, 1.165) is 4.90 Å². The van der Waals surface area contributed by atoms with Crippen molar-refractivity contribution < 1.29 is 33.1 Å². The fourth-order valence-electron chi connectivity index (χ4n) is 3.64. The lowest BCUT2D eigenvalue weighted by atomic mass is 9.99. The van der Waals surface area contributed by atoms with Crippen molar-refractivity contribution in [2.75, 3.05) is 19.6 Å². The number of quaternary nitrogens is 1. The topological polar surface area (TPSA) is 77.8 Å². The Morgan fingerprint density at radius 1 is 1.32 bits per heavy atom. The number of rotatable bonds is 1. The van der Waals surface area contributed by atoms with Crippen molar-refractivity contribution >= 4 is 12.0 Å². The standard InChI is InChI=1S/C14H22F2N2O4/c1-13(2,3)18(12(21)22)7-9(19)6-10(18)11(20)17-5-4-14(15,16)8-17/h9-10,19H,4-8H2,1-3H3/p+1/t9-,10+,18?/m1/s1. The summed E-state index contributed by atoms with van der Waals surface area (Å²) in [7, 11) is 0. The summed E-state index contributed by atoms with van der Waals surface area (Å²) in [4.78, 5) is 25.6. The molecule has 126 valence electrons. The number of aliphatic hydroxyl groups is 1. The van der Waals surface area contributed by atoms with E-state index in [1.54, 1.807) is 20.8 Å². The van der Waals surface area contributed by atoms with E-state index in [-0.39, 0.29) is 19.5 Å². The number of amides is 2. The van der Waals surface area contributed by atoms with Crippen LogP contribution in [-0.2, 0) is 4.79 Å². The Balaban J connectivity index is 2.35. The van der Waals surface area contributed by atoms with Gasteiger partial charge in [-0.3, -0.25) is 4.79 Å². The van der Waals surface area contributed by atoms with Crippen molar-refractivity contribution in [1.29, 1.82) is 0 Å². The van der Waals surface area contributed by atoms with E-state index >= 15 is 0 Å². The highest BCUT2D eigenvalue weighted by Gasteiger charge is 2.63. The summed E-state index contributed by atoms with van der Waals surface area (Å²) in [6.45, 7) is 4.18. The highest BCUT2D eigenvalue weighted by molar-refractivity contribution is 5.83. The fourth-order valence-corrected chi connectivity index (χ4v) is 3.64. The minimum Gasteiger partial charge on any atom is -0.435 e. The van der Waals surface area contributed by atoms with Gasteiger partial charge in [-0.05, 0) is 20.8 Å². The Labute approximate surface area is 127 Å². The molecule has 0 saturated carbocycles. The average Bonchev–Trinajstić information content (AvgIpc) is 2.88. The van der Waals surface area contributed by atoms with Crippen LogP contribution in [0, 0.1) is 0 Å². The second-order valence-corrected chi connectivity index (χ2v) is 7.28. The molecule has 3 atom stereocenters. The zero-order valence-electron chi connectivity index (χ0n) is 13.1. The first-order valence-corrected chi connectivity index (χ1v) is 7.37. The van der Waals surface area contributed by atoms with Crippen molar-refractivity contribution in [3.05, 3.63) is 0 Å². The van der Waals surface area contributed by atoms with Gasteiger partial charge in [-0.15, -0.1) is 0 Å². The van der Waals surface area contributed by atoms with Gasteiger partial charge >= 0.3 is 6.09 Å². The molecule has 0 aliphatic carbocycles. The summed E-state index contributed by atoms with van der Waals surface area (Å²) >= 11 is 0. The minimum atomic E-state index is -2.92. The van der Waals surface area contributed by atoms with Crippen molar-refractivity contribution in [3.8, 4) is 0 Å². The molecule has 2 heterocycles. The van der Waals surface area contributed by atoms with Gasteiger partial charge in [0.15, 0.2) is 6.04 Å². The van der Waals surface area contributed by atoms with Gasteiger partial charge in [0.25, 0.3) is 11.8 Å². The van der Waals surface area contributed by atoms with Crippen molar-refractivity contribution in [3.63, 3.8) is 0 Å². The molecule has 0 aromatic carbocycles. The molecule has 2 rings (SSSR count). The summed E-state index contributed by atoms with van der Waals surface area (Å²) in [5, 5.41) is 19.7. The summed E-state index contributed by atoms with van der Waals surface area (Å²) < 4.78 is 26.0. The van der Waals surface area contributed by atoms with E-state index < -0.39 is 53.1 Å². The van der Waals surface area contributed by atoms with Crippen LogP contribution in [0.1, 0.15) is 33.6 Å². The van der Waals surface area contributed by atoms with Crippen LogP contribution < -0.4 is 0 Å². The number of alkyl halides is 2. The molecule has 2 N–H and O–H groups in total. The summed E-state index contributed by atoms with van der Waals surface area (Å²) in [6, 6.07) is -1.04. The first-order chi connectivity index (χ1) is 9.91. The lowest BCUT2D eigenvalue weighted by molar-refractivity contribution is -0.907. The Morgan fingerprint density at radius 2 is 1.91 bits per heavy atom. The summed E-state index contributed by atoms with van der Waals surface area (Å²) in [5.41, 5.74) is -0.841. The molecule has 0 spiro atoms. The number of hydrogen-bond acceptors (Lipinski definition) is 3. The third-order valence-corrected chi connectivity index (χ3v) is 4.83. The zero-order valence-corrected chi connectivity index (χ0v) is 13.1. The SMILES string of the molecule is CC(C)(C)[N+]1(C(=O)O)C[C@H](O)C[C@H]1C(=O)N1CCC(F)(F)C1. The number of carboxylic acid groups (broad SMARTS) is 1. The predicted octanol–water partition coefficient (Wildman–Crippen LogP) is 1.28. The molecule has 22 heavy (non-hydrogen) atoms. The van der Waals surface area contributed by atoms with Crippen LogP contribution >= 0.6 is 0 Å². The second kappa shape index (κ2) is 5.13. The molecule has 0 aromatic heterocycles. The molecule has 0 aromatic rings. The normalized spacial score (nSPS) is 34.9. The molecule has 2 aliphatic rings. The van der Waals surface area contributed by atoms with Gasteiger partial charge in [0.2, 0.25) is 0 Å². The molecule has 8 heteroatoms. The smallest absolute Gasteiger partial charge is 0.435 e. The van der Waals surface area contributed by atoms with E-state index in [4.69, 9.17) is 0 Å². The molecule has 2 fully saturated rings. The van der Waals surface area contributed by atoms with Gasteiger partial charge < -0.3 is 15.1 Å². The molecule has 0 radical (unpaired) electrons. The molecule has 2 aliphatic heterocycles.